The first-order valence-corrected chi connectivity index (χ1v) is 17.5. The quantitative estimate of drug-likeness (QED) is 0.174. The first-order valence-electron chi connectivity index (χ1n) is 17.5. The highest BCUT2D eigenvalue weighted by atomic mass is 14.7. The lowest BCUT2D eigenvalue weighted by Gasteiger charge is -2.33. The highest BCUT2D eigenvalue weighted by Gasteiger charge is 2.46. The van der Waals surface area contributed by atoms with E-state index in [0.29, 0.717) is 0 Å². The van der Waals surface area contributed by atoms with Gasteiger partial charge in [-0.25, -0.2) is 0 Å². The third kappa shape index (κ3) is 4.43. The van der Waals surface area contributed by atoms with Crippen molar-refractivity contribution in [2.45, 2.75) is 5.41 Å². The summed E-state index contributed by atoms with van der Waals surface area (Å²) in [6.07, 6.45) is 5.93. The molecule has 2 heterocycles. The van der Waals surface area contributed by atoms with Gasteiger partial charge >= 0.3 is 0 Å². The van der Waals surface area contributed by atoms with Crippen molar-refractivity contribution in [1.29, 1.82) is 0 Å². The molecule has 0 saturated carbocycles. The zero-order valence-corrected chi connectivity index (χ0v) is 27.9. The van der Waals surface area contributed by atoms with E-state index in [-0.39, 0.29) is 0 Å². The number of aromatic nitrogens is 2. The van der Waals surface area contributed by atoms with Crippen LogP contribution in [0, 0.1) is 0 Å². The van der Waals surface area contributed by atoms with Gasteiger partial charge in [0.15, 0.2) is 0 Å². The normalized spacial score (nSPS) is 14.7. The van der Waals surface area contributed by atoms with Crippen LogP contribution in [0.3, 0.4) is 0 Å². The summed E-state index contributed by atoms with van der Waals surface area (Å²) in [5.41, 5.74) is 13.8. The van der Waals surface area contributed by atoms with Gasteiger partial charge in [-0.1, -0.05) is 158 Å². The lowest BCUT2D eigenvalue weighted by molar-refractivity contribution is 0.763. The SMILES string of the molecule is c1ccc(-c2c3ccccc3c(-c3ccc(-c4ccc5c(c4)C(c4ccccc4)(c4cccnc4)c4ccccc4-5)cn3)c3ccccc23)cc1. The molecule has 51 heavy (non-hydrogen) atoms. The Morgan fingerprint density at radius 3 is 1.63 bits per heavy atom. The van der Waals surface area contributed by atoms with Crippen LogP contribution in [0.5, 0.6) is 0 Å². The molecule has 7 aromatic carbocycles. The third-order valence-electron chi connectivity index (χ3n) is 10.7. The molecule has 0 saturated heterocycles. The zero-order valence-electron chi connectivity index (χ0n) is 27.9. The van der Waals surface area contributed by atoms with E-state index in [4.69, 9.17) is 4.98 Å². The lowest BCUT2D eigenvalue weighted by Crippen LogP contribution is -2.28. The maximum Gasteiger partial charge on any atom is 0.0728 e. The Labute approximate surface area is 297 Å². The van der Waals surface area contributed by atoms with Gasteiger partial charge in [-0.15, -0.1) is 0 Å². The molecule has 0 N–H and O–H groups in total. The van der Waals surface area contributed by atoms with E-state index >= 15 is 0 Å². The highest BCUT2D eigenvalue weighted by molar-refractivity contribution is 6.21. The second-order valence-corrected chi connectivity index (χ2v) is 13.3. The fourth-order valence-electron chi connectivity index (χ4n) is 8.55. The van der Waals surface area contributed by atoms with Gasteiger partial charge in [-0.05, 0) is 89.8 Å². The van der Waals surface area contributed by atoms with Crippen molar-refractivity contribution in [3.05, 3.63) is 217 Å². The highest BCUT2D eigenvalue weighted by Crippen LogP contribution is 2.56. The Bertz CT molecular complexity index is 2620. The van der Waals surface area contributed by atoms with Crippen molar-refractivity contribution in [3.63, 3.8) is 0 Å². The number of pyridine rings is 2. The van der Waals surface area contributed by atoms with Crippen molar-refractivity contribution >= 4 is 21.5 Å². The van der Waals surface area contributed by atoms with Crippen molar-refractivity contribution in [3.8, 4) is 44.6 Å². The van der Waals surface area contributed by atoms with Crippen molar-refractivity contribution in [1.82, 2.24) is 9.97 Å². The van der Waals surface area contributed by atoms with E-state index in [0.717, 1.165) is 27.9 Å². The van der Waals surface area contributed by atoms with E-state index in [1.54, 1.807) is 0 Å². The van der Waals surface area contributed by atoms with Gasteiger partial charge < -0.3 is 0 Å². The summed E-state index contributed by atoms with van der Waals surface area (Å²) in [5, 5.41) is 4.87. The van der Waals surface area contributed by atoms with Gasteiger partial charge in [-0.2, -0.15) is 0 Å². The molecule has 1 aliphatic rings. The van der Waals surface area contributed by atoms with Crippen LogP contribution in [0.15, 0.2) is 195 Å². The van der Waals surface area contributed by atoms with Gasteiger partial charge in [0.1, 0.15) is 0 Å². The van der Waals surface area contributed by atoms with Gasteiger partial charge in [-0.3, -0.25) is 9.97 Å². The third-order valence-corrected chi connectivity index (χ3v) is 10.7. The van der Waals surface area contributed by atoms with Crippen LogP contribution < -0.4 is 0 Å². The fourth-order valence-corrected chi connectivity index (χ4v) is 8.55. The number of fused-ring (bicyclic) bond motifs is 5. The fraction of sp³-hybridized carbons (Fsp3) is 0.0204. The van der Waals surface area contributed by atoms with Gasteiger partial charge in [0.2, 0.25) is 0 Å². The minimum Gasteiger partial charge on any atom is -0.264 e. The molecule has 9 aromatic rings. The number of benzene rings is 7. The van der Waals surface area contributed by atoms with E-state index in [1.165, 1.54) is 60.5 Å². The van der Waals surface area contributed by atoms with Crippen LogP contribution in [0.1, 0.15) is 22.3 Å². The summed E-state index contributed by atoms with van der Waals surface area (Å²) in [7, 11) is 0. The summed E-state index contributed by atoms with van der Waals surface area (Å²) in [6.45, 7) is 0. The molecule has 0 aliphatic heterocycles. The van der Waals surface area contributed by atoms with Crippen LogP contribution >= 0.6 is 0 Å². The van der Waals surface area contributed by atoms with Gasteiger partial charge in [0, 0.05) is 29.7 Å². The van der Waals surface area contributed by atoms with Crippen LogP contribution in [-0.4, -0.2) is 9.97 Å². The molecule has 10 rings (SSSR count). The molecule has 2 heteroatoms. The molecule has 1 atom stereocenters. The maximum atomic E-state index is 5.20. The van der Waals surface area contributed by atoms with Gasteiger partial charge in [0.05, 0.1) is 11.1 Å². The van der Waals surface area contributed by atoms with E-state index in [2.05, 4.69) is 175 Å². The second kappa shape index (κ2) is 11.8. The molecule has 2 aromatic heterocycles. The molecule has 0 radical (unpaired) electrons. The summed E-state index contributed by atoms with van der Waals surface area (Å²) < 4.78 is 0. The first kappa shape index (κ1) is 29.3. The predicted octanol–water partition coefficient (Wildman–Crippen LogP) is 12.1. The van der Waals surface area contributed by atoms with Crippen LogP contribution in [-0.2, 0) is 5.41 Å². The summed E-state index contributed by atoms with van der Waals surface area (Å²) in [6, 6.07) is 63.5. The lowest BCUT2D eigenvalue weighted by atomic mass is 9.68. The number of hydrogen-bond acceptors (Lipinski definition) is 2. The average molecular weight is 649 g/mol. The molecule has 238 valence electrons. The number of hydrogen-bond donors (Lipinski definition) is 0. The Balaban J connectivity index is 1.15. The Hall–Kier alpha value is -6.64. The second-order valence-electron chi connectivity index (χ2n) is 13.3. The van der Waals surface area contributed by atoms with Crippen LogP contribution in [0.25, 0.3) is 66.2 Å². The maximum absolute atomic E-state index is 5.20. The molecular formula is C49H32N2. The largest absolute Gasteiger partial charge is 0.264 e. The minimum absolute atomic E-state index is 0.497. The number of nitrogens with zero attached hydrogens (tertiary/aromatic N) is 2. The van der Waals surface area contributed by atoms with Crippen molar-refractivity contribution in [2.75, 3.05) is 0 Å². The monoisotopic (exact) mass is 648 g/mol. The van der Waals surface area contributed by atoms with Crippen LogP contribution in [0.4, 0.5) is 0 Å². The molecule has 0 spiro atoms. The molecule has 0 bridgehead atoms. The standard InChI is InChI=1S/C49H32N2/c1-3-14-33(15-4-1)47-40-20-7-9-22-42(40)48(43-23-10-8-21-41(43)47)46-28-26-35(31-51-46)34-25-27-39-38-19-11-12-24-44(38)49(45(39)30-34,36-16-5-2-6-17-36)37-18-13-29-50-32-37/h1-32H. The van der Waals surface area contributed by atoms with Crippen molar-refractivity contribution < 1.29 is 0 Å². The van der Waals surface area contributed by atoms with Gasteiger partial charge in [0.25, 0.3) is 0 Å². The Kier molecular flexibility index (Phi) is 6.75. The predicted molar refractivity (Wildman–Crippen MR) is 211 cm³/mol. The topological polar surface area (TPSA) is 25.8 Å². The summed E-state index contributed by atoms with van der Waals surface area (Å²) >= 11 is 0. The first-order chi connectivity index (χ1) is 25.3. The minimum atomic E-state index is -0.497. The summed E-state index contributed by atoms with van der Waals surface area (Å²) in [4.78, 5) is 9.82. The average Bonchev–Trinajstić information content (AvgIpc) is 3.51. The summed E-state index contributed by atoms with van der Waals surface area (Å²) in [5.74, 6) is 0. The number of rotatable bonds is 5. The van der Waals surface area contributed by atoms with E-state index in [1.807, 2.05) is 24.7 Å². The van der Waals surface area contributed by atoms with Crippen LogP contribution in [0.2, 0.25) is 0 Å². The molecule has 0 fully saturated rings. The molecule has 1 aliphatic carbocycles. The Morgan fingerprint density at radius 1 is 0.373 bits per heavy atom. The molecule has 0 amide bonds. The van der Waals surface area contributed by atoms with Crippen molar-refractivity contribution in [2.24, 2.45) is 0 Å². The van der Waals surface area contributed by atoms with E-state index in [9.17, 15) is 0 Å². The smallest absolute Gasteiger partial charge is 0.0728 e. The Morgan fingerprint density at radius 2 is 0.961 bits per heavy atom. The molecular weight excluding hydrogens is 617 g/mol. The molecule has 1 unspecified atom stereocenters. The van der Waals surface area contributed by atoms with E-state index < -0.39 is 5.41 Å². The zero-order chi connectivity index (χ0) is 33.8. The molecule has 2 nitrogen and oxygen atoms in total.